The molecule has 0 aromatic heterocycles. The summed E-state index contributed by atoms with van der Waals surface area (Å²) < 4.78 is 13.6. The minimum atomic E-state index is -0.501. The summed E-state index contributed by atoms with van der Waals surface area (Å²) >= 11 is 0. The molecule has 0 aliphatic rings. The summed E-state index contributed by atoms with van der Waals surface area (Å²) in [7, 11) is 0. The minimum Gasteiger partial charge on any atom is -0.382 e. The van der Waals surface area contributed by atoms with Gasteiger partial charge < -0.3 is 16.4 Å². The van der Waals surface area contributed by atoms with E-state index in [1.807, 2.05) is 6.92 Å². The first-order chi connectivity index (χ1) is 8.95. The van der Waals surface area contributed by atoms with Crippen LogP contribution in [0.25, 0.3) is 0 Å². The SMILES string of the molecule is CCNc1c(F)cccc1C(=O)NC(C)CC(N)=O. The maximum absolute atomic E-state index is 13.6. The molecule has 1 aromatic carbocycles. The summed E-state index contributed by atoms with van der Waals surface area (Å²) in [4.78, 5) is 22.8. The predicted molar refractivity (Wildman–Crippen MR) is 71.3 cm³/mol. The third kappa shape index (κ3) is 4.24. The summed E-state index contributed by atoms with van der Waals surface area (Å²) in [5.41, 5.74) is 5.41. The summed E-state index contributed by atoms with van der Waals surface area (Å²) in [6.45, 7) is 3.97. The van der Waals surface area contributed by atoms with Crippen molar-refractivity contribution in [3.05, 3.63) is 29.6 Å². The molecule has 6 heteroatoms. The molecule has 4 N–H and O–H groups in total. The van der Waals surface area contributed by atoms with Gasteiger partial charge in [0.05, 0.1) is 11.3 Å². The Balaban J connectivity index is 2.87. The molecule has 0 spiro atoms. The van der Waals surface area contributed by atoms with Crippen molar-refractivity contribution in [2.45, 2.75) is 26.3 Å². The van der Waals surface area contributed by atoms with Gasteiger partial charge in [-0.2, -0.15) is 0 Å². The number of halogens is 1. The first-order valence-electron chi connectivity index (χ1n) is 6.07. The van der Waals surface area contributed by atoms with Crippen LogP contribution in [0.5, 0.6) is 0 Å². The Kier molecular flexibility index (Phi) is 5.29. The Morgan fingerprint density at radius 1 is 1.42 bits per heavy atom. The Morgan fingerprint density at radius 2 is 2.11 bits per heavy atom. The van der Waals surface area contributed by atoms with Crippen molar-refractivity contribution in [3.8, 4) is 0 Å². The number of hydrogen-bond donors (Lipinski definition) is 3. The lowest BCUT2D eigenvalue weighted by Gasteiger charge is -2.15. The lowest BCUT2D eigenvalue weighted by Crippen LogP contribution is -2.36. The van der Waals surface area contributed by atoms with E-state index in [9.17, 15) is 14.0 Å². The molecule has 0 fully saturated rings. The lowest BCUT2D eigenvalue weighted by atomic mass is 10.1. The molecule has 0 bridgehead atoms. The zero-order valence-corrected chi connectivity index (χ0v) is 11.0. The zero-order chi connectivity index (χ0) is 14.4. The van der Waals surface area contributed by atoms with E-state index in [1.165, 1.54) is 18.2 Å². The number of carbonyl (C=O) groups excluding carboxylic acids is 2. The summed E-state index contributed by atoms with van der Waals surface area (Å²) in [5, 5.41) is 5.42. The first-order valence-corrected chi connectivity index (χ1v) is 6.07. The number of anilines is 1. The highest BCUT2D eigenvalue weighted by Crippen LogP contribution is 2.19. The Labute approximate surface area is 111 Å². The predicted octanol–water partition coefficient (Wildman–Crippen LogP) is 1.25. The summed E-state index contributed by atoms with van der Waals surface area (Å²) in [6.07, 6.45) is 0.0393. The highest BCUT2D eigenvalue weighted by Gasteiger charge is 2.17. The van der Waals surface area contributed by atoms with Gasteiger partial charge in [0.2, 0.25) is 5.91 Å². The van der Waals surface area contributed by atoms with E-state index in [2.05, 4.69) is 10.6 Å². The highest BCUT2D eigenvalue weighted by molar-refractivity contribution is 6.00. The molecule has 0 aliphatic carbocycles. The van der Waals surface area contributed by atoms with Crippen molar-refractivity contribution < 1.29 is 14.0 Å². The van der Waals surface area contributed by atoms with E-state index in [1.54, 1.807) is 6.92 Å². The fourth-order valence-electron chi connectivity index (χ4n) is 1.72. The molecule has 2 amide bonds. The molecule has 0 radical (unpaired) electrons. The largest absolute Gasteiger partial charge is 0.382 e. The fourth-order valence-corrected chi connectivity index (χ4v) is 1.72. The van der Waals surface area contributed by atoms with Crippen molar-refractivity contribution in [3.63, 3.8) is 0 Å². The standard InChI is InChI=1S/C13H18FN3O2/c1-3-16-12-9(5-4-6-10(12)14)13(19)17-8(2)7-11(15)18/h4-6,8,16H,3,7H2,1-2H3,(H2,15,18)(H,17,19). The first kappa shape index (κ1) is 14.9. The Hall–Kier alpha value is -2.11. The van der Waals surface area contributed by atoms with E-state index in [-0.39, 0.29) is 17.7 Å². The average molecular weight is 267 g/mol. The lowest BCUT2D eigenvalue weighted by molar-refractivity contribution is -0.118. The third-order valence-electron chi connectivity index (χ3n) is 2.50. The second-order valence-corrected chi connectivity index (χ2v) is 4.24. The van der Waals surface area contributed by atoms with Gasteiger partial charge in [0.1, 0.15) is 5.82 Å². The molecule has 1 aromatic rings. The van der Waals surface area contributed by atoms with Crippen molar-refractivity contribution in [2.24, 2.45) is 5.73 Å². The molecule has 0 aliphatic heterocycles. The molecule has 1 unspecified atom stereocenters. The van der Waals surface area contributed by atoms with Crippen LogP contribution in [0.3, 0.4) is 0 Å². The van der Waals surface area contributed by atoms with Crippen LogP contribution in [0.4, 0.5) is 10.1 Å². The fraction of sp³-hybridized carbons (Fsp3) is 0.385. The highest BCUT2D eigenvalue weighted by atomic mass is 19.1. The van der Waals surface area contributed by atoms with Gasteiger partial charge in [0, 0.05) is 19.0 Å². The van der Waals surface area contributed by atoms with Crippen LogP contribution < -0.4 is 16.4 Å². The normalized spacial score (nSPS) is 11.7. The van der Waals surface area contributed by atoms with Gasteiger partial charge in [-0.15, -0.1) is 0 Å². The number of nitrogens with two attached hydrogens (primary N) is 1. The molecule has 5 nitrogen and oxygen atoms in total. The van der Waals surface area contributed by atoms with E-state index in [0.29, 0.717) is 6.54 Å². The molecule has 0 saturated heterocycles. The van der Waals surface area contributed by atoms with Crippen molar-refractivity contribution in [1.29, 1.82) is 0 Å². The van der Waals surface area contributed by atoms with Gasteiger partial charge in [0.25, 0.3) is 5.91 Å². The second kappa shape index (κ2) is 6.72. The van der Waals surface area contributed by atoms with E-state index in [0.717, 1.165) is 0 Å². The zero-order valence-electron chi connectivity index (χ0n) is 11.0. The number of nitrogens with one attached hydrogen (secondary N) is 2. The van der Waals surface area contributed by atoms with Crippen LogP contribution >= 0.6 is 0 Å². The topological polar surface area (TPSA) is 84.2 Å². The summed E-state index contributed by atoms with van der Waals surface area (Å²) in [5.74, 6) is -1.43. The number of benzene rings is 1. The quantitative estimate of drug-likeness (QED) is 0.725. The Bertz CT molecular complexity index is 477. The maximum atomic E-state index is 13.6. The van der Waals surface area contributed by atoms with Crippen LogP contribution in [-0.4, -0.2) is 24.4 Å². The molecule has 1 atom stereocenters. The van der Waals surface area contributed by atoms with Crippen LogP contribution in [0.2, 0.25) is 0 Å². The third-order valence-corrected chi connectivity index (χ3v) is 2.50. The molecule has 104 valence electrons. The van der Waals surface area contributed by atoms with Gasteiger partial charge >= 0.3 is 0 Å². The molecule has 0 heterocycles. The number of rotatable bonds is 6. The van der Waals surface area contributed by atoms with Crippen LogP contribution in [0, 0.1) is 5.82 Å². The van der Waals surface area contributed by atoms with Crippen LogP contribution in [0.1, 0.15) is 30.6 Å². The maximum Gasteiger partial charge on any atom is 0.253 e. The van der Waals surface area contributed by atoms with Crippen LogP contribution in [0.15, 0.2) is 18.2 Å². The number of amides is 2. The van der Waals surface area contributed by atoms with Crippen molar-refractivity contribution in [2.75, 3.05) is 11.9 Å². The minimum absolute atomic E-state index is 0.0393. The monoisotopic (exact) mass is 267 g/mol. The Morgan fingerprint density at radius 3 is 2.68 bits per heavy atom. The number of hydrogen-bond acceptors (Lipinski definition) is 3. The number of para-hydroxylation sites is 1. The molecular formula is C13H18FN3O2. The van der Waals surface area contributed by atoms with Gasteiger partial charge in [-0.25, -0.2) is 4.39 Å². The summed E-state index contributed by atoms with van der Waals surface area (Å²) in [6, 6.07) is 3.86. The van der Waals surface area contributed by atoms with E-state index >= 15 is 0 Å². The number of carbonyl (C=O) groups is 2. The van der Waals surface area contributed by atoms with Gasteiger partial charge in [-0.3, -0.25) is 9.59 Å². The van der Waals surface area contributed by atoms with E-state index < -0.39 is 23.7 Å². The van der Waals surface area contributed by atoms with Crippen molar-refractivity contribution in [1.82, 2.24) is 5.32 Å². The molecule has 19 heavy (non-hydrogen) atoms. The average Bonchev–Trinajstić information content (AvgIpc) is 2.30. The van der Waals surface area contributed by atoms with Gasteiger partial charge in [-0.1, -0.05) is 6.07 Å². The smallest absolute Gasteiger partial charge is 0.253 e. The van der Waals surface area contributed by atoms with Gasteiger partial charge in [0.15, 0.2) is 0 Å². The van der Waals surface area contributed by atoms with Gasteiger partial charge in [-0.05, 0) is 26.0 Å². The van der Waals surface area contributed by atoms with Crippen LogP contribution in [-0.2, 0) is 4.79 Å². The van der Waals surface area contributed by atoms with Crippen molar-refractivity contribution >= 4 is 17.5 Å². The molecule has 0 saturated carbocycles. The number of primary amides is 1. The molecule has 1 rings (SSSR count). The van der Waals surface area contributed by atoms with E-state index in [4.69, 9.17) is 5.73 Å². The second-order valence-electron chi connectivity index (χ2n) is 4.24. The molecular weight excluding hydrogens is 249 g/mol.